The quantitative estimate of drug-likeness (QED) is 0.333. The molecule has 0 spiro atoms. The minimum Gasteiger partial charge on any atom is -0.375 e. The van der Waals surface area contributed by atoms with Gasteiger partial charge >= 0.3 is 0 Å². The van der Waals surface area contributed by atoms with Crippen LogP contribution in [0.3, 0.4) is 0 Å². The minimum atomic E-state index is 0. The summed E-state index contributed by atoms with van der Waals surface area (Å²) in [6.45, 7) is 7.42. The number of aliphatic imine (C=N–C) groups is 1. The molecule has 1 unspecified atom stereocenters. The maximum absolute atomic E-state index is 5.31. The van der Waals surface area contributed by atoms with Crippen molar-refractivity contribution >= 4 is 41.3 Å². The number of nitrogens with zero attached hydrogens (tertiary/aromatic N) is 5. The van der Waals surface area contributed by atoms with E-state index in [1.165, 1.54) is 0 Å². The Morgan fingerprint density at radius 1 is 1.37 bits per heavy atom. The molecule has 0 aliphatic heterocycles. The summed E-state index contributed by atoms with van der Waals surface area (Å²) in [5, 5.41) is 10.3. The van der Waals surface area contributed by atoms with Crippen LogP contribution in [0.1, 0.15) is 55.2 Å². The van der Waals surface area contributed by atoms with E-state index in [1.54, 1.807) is 25.5 Å². The summed E-state index contributed by atoms with van der Waals surface area (Å²) >= 11 is 1.61. The van der Waals surface area contributed by atoms with Gasteiger partial charge in [-0.25, -0.2) is 4.98 Å². The molecule has 1 N–H and O–H groups in total. The van der Waals surface area contributed by atoms with Gasteiger partial charge in [-0.3, -0.25) is 4.99 Å². The number of hydrogen-bond donors (Lipinski definition) is 1. The molecule has 8 nitrogen and oxygen atoms in total. The summed E-state index contributed by atoms with van der Waals surface area (Å²) < 4.78 is 10.6. The van der Waals surface area contributed by atoms with Crippen LogP contribution in [0.4, 0.5) is 0 Å². The van der Waals surface area contributed by atoms with Crippen molar-refractivity contribution in [1.29, 1.82) is 0 Å². The summed E-state index contributed by atoms with van der Waals surface area (Å²) in [5.41, 5.74) is 0.998. The Morgan fingerprint density at radius 3 is 2.70 bits per heavy atom. The van der Waals surface area contributed by atoms with E-state index in [0.29, 0.717) is 25.4 Å². The van der Waals surface area contributed by atoms with Gasteiger partial charge in [0, 0.05) is 45.5 Å². The molecular formula is C17H29IN6O2S. The number of rotatable bonds is 8. The molecule has 0 bridgehead atoms. The van der Waals surface area contributed by atoms with E-state index in [0.717, 1.165) is 22.5 Å². The van der Waals surface area contributed by atoms with Crippen molar-refractivity contribution in [3.63, 3.8) is 0 Å². The Hall–Kier alpha value is -1.27. The lowest BCUT2D eigenvalue weighted by Crippen LogP contribution is -2.39. The second kappa shape index (κ2) is 11.5. The highest BCUT2D eigenvalue weighted by Crippen LogP contribution is 2.20. The highest BCUT2D eigenvalue weighted by Gasteiger charge is 2.13. The van der Waals surface area contributed by atoms with Gasteiger partial charge in [-0.05, 0) is 6.92 Å². The fraction of sp³-hybridized carbons (Fsp3) is 0.647. The van der Waals surface area contributed by atoms with Gasteiger partial charge < -0.3 is 19.5 Å². The van der Waals surface area contributed by atoms with Gasteiger partial charge in [-0.15, -0.1) is 35.3 Å². The molecule has 1 atom stereocenters. The van der Waals surface area contributed by atoms with Gasteiger partial charge in [0.1, 0.15) is 11.1 Å². The van der Waals surface area contributed by atoms with Crippen LogP contribution >= 0.6 is 35.3 Å². The fourth-order valence-corrected chi connectivity index (χ4v) is 3.11. The second-order valence-electron chi connectivity index (χ2n) is 6.34. The Balaban J connectivity index is 0.00000364. The summed E-state index contributed by atoms with van der Waals surface area (Å²) in [6, 6.07) is 0. The van der Waals surface area contributed by atoms with E-state index in [1.807, 2.05) is 32.7 Å². The van der Waals surface area contributed by atoms with Gasteiger partial charge in [0.2, 0.25) is 5.89 Å². The van der Waals surface area contributed by atoms with Crippen LogP contribution in [0.25, 0.3) is 0 Å². The molecular weight excluding hydrogens is 479 g/mol. The molecule has 2 heterocycles. The molecule has 0 aliphatic carbocycles. The average Bonchev–Trinajstić information content (AvgIpc) is 3.27. The predicted octanol–water partition coefficient (Wildman–Crippen LogP) is 3.22. The zero-order valence-corrected chi connectivity index (χ0v) is 19.9. The monoisotopic (exact) mass is 508 g/mol. The largest absolute Gasteiger partial charge is 0.375 e. The van der Waals surface area contributed by atoms with Gasteiger partial charge in [0.25, 0.3) is 0 Å². The van der Waals surface area contributed by atoms with Crippen molar-refractivity contribution < 1.29 is 9.26 Å². The maximum atomic E-state index is 5.31. The first-order chi connectivity index (χ1) is 12.4. The number of ether oxygens (including phenoxy) is 1. The van der Waals surface area contributed by atoms with Crippen LogP contribution < -0.4 is 5.32 Å². The standard InChI is InChI=1S/C17H28N6O2S.HI/c1-11(2)15-21-14(25-22-15)7-8-19-17(18-4)23(5)9-13-10-26-16(20-13)12(3)24-6;/h10-12H,7-9H2,1-6H3,(H,18,19);1H. The third-order valence-electron chi connectivity index (χ3n) is 3.87. The van der Waals surface area contributed by atoms with E-state index in [9.17, 15) is 0 Å². The molecule has 0 amide bonds. The number of aromatic nitrogens is 3. The molecule has 27 heavy (non-hydrogen) atoms. The topological polar surface area (TPSA) is 88.7 Å². The first-order valence-corrected chi connectivity index (χ1v) is 9.53. The predicted molar refractivity (Wildman–Crippen MR) is 118 cm³/mol. The summed E-state index contributed by atoms with van der Waals surface area (Å²) in [7, 11) is 5.44. The van der Waals surface area contributed by atoms with Crippen LogP contribution in [-0.2, 0) is 17.7 Å². The number of methoxy groups -OCH3 is 1. The first-order valence-electron chi connectivity index (χ1n) is 8.66. The van der Waals surface area contributed by atoms with E-state index in [4.69, 9.17) is 9.26 Å². The van der Waals surface area contributed by atoms with Crippen molar-refractivity contribution in [2.75, 3.05) is 27.7 Å². The van der Waals surface area contributed by atoms with E-state index < -0.39 is 0 Å². The molecule has 2 aromatic heterocycles. The Morgan fingerprint density at radius 2 is 2.11 bits per heavy atom. The number of nitrogens with one attached hydrogen (secondary N) is 1. The fourth-order valence-electron chi connectivity index (χ4n) is 2.27. The van der Waals surface area contributed by atoms with Crippen molar-refractivity contribution in [2.24, 2.45) is 4.99 Å². The van der Waals surface area contributed by atoms with E-state index in [2.05, 4.69) is 30.8 Å². The molecule has 0 fully saturated rings. The first kappa shape index (κ1) is 23.8. The third-order valence-corrected chi connectivity index (χ3v) is 4.92. The van der Waals surface area contributed by atoms with Crippen molar-refractivity contribution in [2.45, 2.75) is 45.8 Å². The van der Waals surface area contributed by atoms with Gasteiger partial charge in [-0.2, -0.15) is 4.98 Å². The number of halogens is 1. The van der Waals surface area contributed by atoms with E-state index >= 15 is 0 Å². The van der Waals surface area contributed by atoms with Crippen LogP contribution in [0.5, 0.6) is 0 Å². The number of thiazole rings is 1. The zero-order chi connectivity index (χ0) is 19.1. The molecule has 0 aliphatic rings. The Bertz CT molecular complexity index is 718. The van der Waals surface area contributed by atoms with Gasteiger partial charge in [0.15, 0.2) is 11.8 Å². The minimum absolute atomic E-state index is 0. The van der Waals surface area contributed by atoms with Crippen molar-refractivity contribution in [3.05, 3.63) is 27.8 Å². The van der Waals surface area contributed by atoms with Gasteiger partial charge in [0.05, 0.1) is 12.2 Å². The van der Waals surface area contributed by atoms with Crippen LogP contribution in [0.2, 0.25) is 0 Å². The summed E-state index contributed by atoms with van der Waals surface area (Å²) in [4.78, 5) is 15.4. The van der Waals surface area contributed by atoms with Crippen LogP contribution in [0.15, 0.2) is 14.9 Å². The SMILES string of the molecule is CN=C(NCCc1nc(C(C)C)no1)N(C)Cc1csc(C(C)OC)n1.I. The lowest BCUT2D eigenvalue weighted by Gasteiger charge is -2.20. The van der Waals surface area contributed by atoms with Crippen molar-refractivity contribution in [3.8, 4) is 0 Å². The third kappa shape index (κ3) is 7.00. The normalized spacial score (nSPS) is 12.8. The second-order valence-corrected chi connectivity index (χ2v) is 7.23. The lowest BCUT2D eigenvalue weighted by atomic mass is 10.2. The van der Waals surface area contributed by atoms with Crippen LogP contribution in [0, 0.1) is 0 Å². The molecule has 10 heteroatoms. The average molecular weight is 508 g/mol. The zero-order valence-electron chi connectivity index (χ0n) is 16.7. The highest BCUT2D eigenvalue weighted by atomic mass is 127. The molecule has 0 saturated carbocycles. The smallest absolute Gasteiger partial charge is 0.228 e. The highest BCUT2D eigenvalue weighted by molar-refractivity contribution is 14.0. The van der Waals surface area contributed by atoms with Gasteiger partial charge in [-0.1, -0.05) is 19.0 Å². The maximum Gasteiger partial charge on any atom is 0.228 e. The number of hydrogen-bond acceptors (Lipinski definition) is 7. The van der Waals surface area contributed by atoms with E-state index in [-0.39, 0.29) is 36.0 Å². The Labute approximate surface area is 181 Å². The number of guanidine groups is 1. The molecule has 0 aromatic carbocycles. The molecule has 0 saturated heterocycles. The summed E-state index contributed by atoms with van der Waals surface area (Å²) in [6.07, 6.45) is 0.667. The van der Waals surface area contributed by atoms with Crippen molar-refractivity contribution in [1.82, 2.24) is 25.3 Å². The molecule has 0 radical (unpaired) electrons. The lowest BCUT2D eigenvalue weighted by molar-refractivity contribution is 0.119. The van der Waals surface area contributed by atoms with Crippen LogP contribution in [-0.4, -0.2) is 53.7 Å². The molecule has 152 valence electrons. The Kier molecular flexibility index (Phi) is 10.2. The summed E-state index contributed by atoms with van der Waals surface area (Å²) in [5.74, 6) is 2.44. The molecule has 2 rings (SSSR count). The molecule has 2 aromatic rings.